The largest absolute Gasteiger partial charge is 0.456 e. The molecule has 5 nitrogen and oxygen atoms in total. The van der Waals surface area contributed by atoms with Crippen LogP contribution in [0.25, 0.3) is 82.5 Å². The van der Waals surface area contributed by atoms with Crippen molar-refractivity contribution in [1.82, 2.24) is 13.7 Å². The maximum atomic E-state index is 7.47. The van der Waals surface area contributed by atoms with Gasteiger partial charge in [-0.25, -0.2) is 0 Å². The molecule has 7 heteroatoms. The van der Waals surface area contributed by atoms with E-state index in [0.29, 0.717) is 0 Å². The maximum absolute atomic E-state index is 7.47. The molecule has 0 saturated heterocycles. The van der Waals surface area contributed by atoms with Crippen LogP contribution in [-0.2, 0) is 0 Å². The molecule has 0 radical (unpaired) electrons. The number of ether oxygens (including phenoxy) is 2. The van der Waals surface area contributed by atoms with E-state index in [-0.39, 0.29) is 13.4 Å². The minimum atomic E-state index is -0.0879. The number of hydrogen-bond acceptors (Lipinski definition) is 2. The monoisotopic (exact) mass is 773 g/mol. The van der Waals surface area contributed by atoms with Crippen molar-refractivity contribution in [2.75, 3.05) is 0 Å². The van der Waals surface area contributed by atoms with E-state index in [9.17, 15) is 0 Å². The van der Waals surface area contributed by atoms with Gasteiger partial charge in [0, 0.05) is 54.7 Å². The summed E-state index contributed by atoms with van der Waals surface area (Å²) in [6.07, 6.45) is 0. The maximum Gasteiger partial charge on any atom is 0.256 e. The van der Waals surface area contributed by atoms with E-state index in [0.717, 1.165) is 50.6 Å². The molecule has 4 aliphatic rings. The van der Waals surface area contributed by atoms with Crippen molar-refractivity contribution in [3.8, 4) is 40.1 Å². The first kappa shape index (κ1) is 31.1. The second-order valence-electron chi connectivity index (χ2n) is 17.1. The van der Waals surface area contributed by atoms with E-state index < -0.39 is 0 Å². The fraction of sp³-hybridized carbons (Fsp3) is 0. The molecule has 0 amide bonds. The number of para-hydroxylation sites is 6. The van der Waals surface area contributed by atoms with Crippen LogP contribution in [0.5, 0.6) is 23.0 Å². The lowest BCUT2D eigenvalue weighted by Gasteiger charge is -2.38. The van der Waals surface area contributed by atoms with Gasteiger partial charge in [0.15, 0.2) is 11.5 Å². The molecule has 3 aromatic heterocycles. The molecule has 0 spiro atoms. The van der Waals surface area contributed by atoms with Crippen LogP contribution < -0.4 is 42.3 Å². The van der Waals surface area contributed by atoms with Crippen LogP contribution in [0.3, 0.4) is 0 Å². The average molecular weight is 773 g/mol. The third kappa shape index (κ3) is 3.55. The van der Waals surface area contributed by atoms with Crippen LogP contribution in [-0.4, -0.2) is 27.1 Å². The summed E-state index contributed by atoms with van der Waals surface area (Å²) in [6.45, 7) is -0.176. The Balaban J connectivity index is 1.10. The van der Waals surface area contributed by atoms with Crippen LogP contribution in [0.4, 0.5) is 0 Å². The lowest BCUT2D eigenvalue weighted by molar-refractivity contribution is 0.462. The fourth-order valence-corrected chi connectivity index (χ4v) is 12.1. The SMILES string of the molecule is c1cc2c3c(c1)-n1c4ccccc4c4cccc(c41)B3c1cc3c(c(-n4c5ccccc5c5ccccc54)c1O2)Oc1cccc2c1B3c1cccc3c4ccccc4n-2c13. The Morgan fingerprint density at radius 3 is 1.16 bits per heavy atom. The van der Waals surface area contributed by atoms with Crippen molar-refractivity contribution < 1.29 is 9.47 Å². The van der Waals surface area contributed by atoms with Gasteiger partial charge >= 0.3 is 0 Å². The predicted molar refractivity (Wildman–Crippen MR) is 252 cm³/mol. The molecular formula is C54H29B2N3O2. The summed E-state index contributed by atoms with van der Waals surface area (Å²) < 4.78 is 22.3. The van der Waals surface area contributed by atoms with Crippen molar-refractivity contribution in [3.63, 3.8) is 0 Å². The zero-order valence-electron chi connectivity index (χ0n) is 32.6. The average Bonchev–Trinajstić information content (AvgIpc) is 3.96. The van der Waals surface area contributed by atoms with Crippen LogP contribution >= 0.6 is 0 Å². The third-order valence-corrected chi connectivity index (χ3v) is 14.3. The Morgan fingerprint density at radius 2 is 0.705 bits per heavy atom. The van der Waals surface area contributed by atoms with E-state index in [1.807, 2.05) is 0 Å². The predicted octanol–water partition coefficient (Wildman–Crippen LogP) is 8.85. The summed E-state index contributed by atoms with van der Waals surface area (Å²) in [5.74, 6) is 3.43. The van der Waals surface area contributed by atoms with Crippen LogP contribution in [0.1, 0.15) is 0 Å². The Bertz CT molecular complexity index is 3790. The zero-order valence-corrected chi connectivity index (χ0v) is 32.6. The molecule has 0 bridgehead atoms. The third-order valence-electron chi connectivity index (χ3n) is 14.3. The zero-order chi connectivity index (χ0) is 39.2. The topological polar surface area (TPSA) is 33.2 Å². The first-order chi connectivity index (χ1) is 30.3. The number of nitrogens with zero attached hydrogens (tertiary/aromatic N) is 3. The normalized spacial score (nSPS) is 13.8. The number of rotatable bonds is 1. The van der Waals surface area contributed by atoms with Crippen molar-refractivity contribution in [2.45, 2.75) is 0 Å². The Kier molecular flexibility index (Phi) is 5.42. The van der Waals surface area contributed by atoms with E-state index in [1.165, 1.54) is 87.6 Å². The van der Waals surface area contributed by atoms with Crippen molar-refractivity contribution >= 4 is 112 Å². The van der Waals surface area contributed by atoms with E-state index in [2.05, 4.69) is 190 Å². The van der Waals surface area contributed by atoms with Gasteiger partial charge < -0.3 is 23.2 Å². The minimum absolute atomic E-state index is 0.0879. The van der Waals surface area contributed by atoms with Crippen LogP contribution in [0.15, 0.2) is 176 Å². The summed E-state index contributed by atoms with van der Waals surface area (Å²) in [5, 5.41) is 7.45. The molecule has 0 saturated carbocycles. The molecule has 4 aliphatic heterocycles. The second-order valence-corrected chi connectivity index (χ2v) is 17.1. The van der Waals surface area contributed by atoms with Gasteiger partial charge in [-0.05, 0) is 81.3 Å². The molecule has 0 atom stereocenters. The number of benzene rings is 9. The summed E-state index contributed by atoms with van der Waals surface area (Å²) >= 11 is 0. The molecular weight excluding hydrogens is 744 g/mol. The summed E-state index contributed by atoms with van der Waals surface area (Å²) in [6, 6.07) is 64.6. The van der Waals surface area contributed by atoms with Gasteiger partial charge in [-0.15, -0.1) is 0 Å². The quantitative estimate of drug-likeness (QED) is 0.156. The molecule has 0 aliphatic carbocycles. The molecule has 0 fully saturated rings. The highest BCUT2D eigenvalue weighted by molar-refractivity contribution is 7.02. The Hall–Kier alpha value is -7.89. The highest BCUT2D eigenvalue weighted by Gasteiger charge is 2.47. The molecule has 278 valence electrons. The van der Waals surface area contributed by atoms with Crippen molar-refractivity contribution in [1.29, 1.82) is 0 Å². The lowest BCUT2D eigenvalue weighted by Crippen LogP contribution is -2.62. The molecule has 7 heterocycles. The van der Waals surface area contributed by atoms with Crippen LogP contribution in [0, 0.1) is 0 Å². The molecule has 9 aromatic carbocycles. The van der Waals surface area contributed by atoms with Gasteiger partial charge in [0.1, 0.15) is 17.2 Å². The smallest absolute Gasteiger partial charge is 0.256 e. The van der Waals surface area contributed by atoms with Crippen LogP contribution in [0.2, 0.25) is 0 Å². The summed E-state index contributed by atoms with van der Waals surface area (Å²) in [4.78, 5) is 0. The summed E-state index contributed by atoms with van der Waals surface area (Å²) in [5.41, 5.74) is 17.7. The summed E-state index contributed by atoms with van der Waals surface area (Å²) in [7, 11) is 0. The van der Waals surface area contributed by atoms with Crippen molar-refractivity contribution in [3.05, 3.63) is 176 Å². The fourth-order valence-electron chi connectivity index (χ4n) is 12.1. The number of aromatic nitrogens is 3. The van der Waals surface area contributed by atoms with Gasteiger partial charge in [-0.1, -0.05) is 127 Å². The Labute approximate surface area is 349 Å². The van der Waals surface area contributed by atoms with Gasteiger partial charge in [0.05, 0.1) is 22.1 Å². The Morgan fingerprint density at radius 1 is 0.328 bits per heavy atom. The van der Waals surface area contributed by atoms with E-state index in [1.54, 1.807) is 0 Å². The molecule has 61 heavy (non-hydrogen) atoms. The van der Waals surface area contributed by atoms with Gasteiger partial charge in [-0.3, -0.25) is 0 Å². The van der Waals surface area contributed by atoms with E-state index >= 15 is 0 Å². The lowest BCUT2D eigenvalue weighted by atomic mass is 9.31. The second kappa shape index (κ2) is 10.6. The van der Waals surface area contributed by atoms with Crippen molar-refractivity contribution in [2.24, 2.45) is 0 Å². The number of fused-ring (bicyclic) bond motifs is 17. The standard InChI is InChI=1S/C54H29B2N3O2/c1-5-21-40-30(13-1)31-14-2-6-22-41(31)57(40)52-53-38(55-36-19-9-17-34-32-15-3-7-23-42(32)58(50(34)36)44-25-11-27-46(60-53)48(44)55)29-39-54(52)61-47-28-12-26-45-49(47)56(39)37-20-10-18-35-33-16-4-8-24-43(33)59(45)51(35)37/h1-29H. The first-order valence-corrected chi connectivity index (χ1v) is 21.2. The minimum Gasteiger partial charge on any atom is -0.456 e. The molecule has 0 N–H and O–H groups in total. The van der Waals surface area contributed by atoms with Gasteiger partial charge in [0.2, 0.25) is 0 Å². The number of hydrogen-bond donors (Lipinski definition) is 0. The van der Waals surface area contributed by atoms with E-state index in [4.69, 9.17) is 9.47 Å². The molecule has 12 aromatic rings. The van der Waals surface area contributed by atoms with Gasteiger partial charge in [-0.2, -0.15) is 0 Å². The molecule has 16 rings (SSSR count). The highest BCUT2D eigenvalue weighted by Crippen LogP contribution is 2.47. The van der Waals surface area contributed by atoms with Gasteiger partial charge in [0.25, 0.3) is 13.4 Å². The highest BCUT2D eigenvalue weighted by atomic mass is 16.5. The first-order valence-electron chi connectivity index (χ1n) is 21.2. The molecule has 0 unspecified atom stereocenters.